The second-order valence-electron chi connectivity index (χ2n) is 5.05. The zero-order chi connectivity index (χ0) is 16.4. The van der Waals surface area contributed by atoms with E-state index in [2.05, 4.69) is 10.2 Å². The van der Waals surface area contributed by atoms with Gasteiger partial charge in [-0.2, -0.15) is 0 Å². The predicted molar refractivity (Wildman–Crippen MR) is 83.6 cm³/mol. The first-order valence-corrected chi connectivity index (χ1v) is 8.00. The van der Waals surface area contributed by atoms with Gasteiger partial charge in [0.25, 0.3) is 0 Å². The number of fused-ring (bicyclic) bond motifs is 1. The summed E-state index contributed by atoms with van der Waals surface area (Å²) in [6.45, 7) is 2.13. The van der Waals surface area contributed by atoms with E-state index < -0.39 is 0 Å². The second-order valence-corrected chi connectivity index (χ2v) is 6.36. The average molecular weight is 335 g/mol. The smallest absolute Gasteiger partial charge is 0.318 e. The van der Waals surface area contributed by atoms with E-state index in [9.17, 15) is 4.79 Å². The Hall–Kier alpha value is -2.22. The molecular formula is C15H17N3O4S. The summed E-state index contributed by atoms with van der Waals surface area (Å²) in [4.78, 5) is 11.5. The van der Waals surface area contributed by atoms with Crippen molar-refractivity contribution in [2.75, 3.05) is 13.7 Å². The minimum Gasteiger partial charge on any atom is -0.485 e. The van der Waals surface area contributed by atoms with Gasteiger partial charge in [-0.05, 0) is 19.1 Å². The van der Waals surface area contributed by atoms with E-state index in [-0.39, 0.29) is 17.3 Å². The molecule has 1 aliphatic rings. The van der Waals surface area contributed by atoms with Crippen LogP contribution in [0.5, 0.6) is 11.5 Å². The number of nitrogens with zero attached hydrogens (tertiary/aromatic N) is 3. The molecule has 2 heterocycles. The number of methoxy groups -OCH3 is 1. The molecule has 0 spiro atoms. The molecule has 1 aromatic carbocycles. The fraction of sp³-hybridized carbons (Fsp3) is 0.400. The molecule has 3 rings (SSSR count). The van der Waals surface area contributed by atoms with Crippen LogP contribution < -0.4 is 9.47 Å². The van der Waals surface area contributed by atoms with Crippen LogP contribution >= 0.6 is 11.8 Å². The molecule has 23 heavy (non-hydrogen) atoms. The molecule has 122 valence electrons. The number of esters is 1. The molecule has 0 bridgehead atoms. The monoisotopic (exact) mass is 335 g/mol. The van der Waals surface area contributed by atoms with Crippen molar-refractivity contribution >= 4 is 17.7 Å². The van der Waals surface area contributed by atoms with E-state index in [1.54, 1.807) is 6.92 Å². The van der Waals surface area contributed by atoms with E-state index >= 15 is 0 Å². The molecule has 7 nitrogen and oxygen atoms in total. The van der Waals surface area contributed by atoms with Crippen molar-refractivity contribution in [1.29, 1.82) is 0 Å². The first-order chi connectivity index (χ1) is 11.1. The maximum Gasteiger partial charge on any atom is 0.318 e. The third-order valence-electron chi connectivity index (χ3n) is 3.48. The molecule has 1 aliphatic heterocycles. The Morgan fingerprint density at radius 1 is 1.39 bits per heavy atom. The first kappa shape index (κ1) is 15.7. The Morgan fingerprint density at radius 3 is 2.87 bits per heavy atom. The number of carbonyl (C=O) groups is 1. The summed E-state index contributed by atoms with van der Waals surface area (Å²) in [5.74, 6) is 1.76. The maximum atomic E-state index is 11.5. The number of ether oxygens (including phenoxy) is 3. The second kappa shape index (κ2) is 6.49. The van der Waals surface area contributed by atoms with Gasteiger partial charge in [0.1, 0.15) is 11.9 Å². The topological polar surface area (TPSA) is 75.5 Å². The van der Waals surface area contributed by atoms with Gasteiger partial charge in [0, 0.05) is 7.05 Å². The zero-order valence-electron chi connectivity index (χ0n) is 13.1. The van der Waals surface area contributed by atoms with E-state index in [0.717, 1.165) is 5.75 Å². The van der Waals surface area contributed by atoms with Crippen LogP contribution in [0, 0.1) is 0 Å². The molecule has 0 saturated carbocycles. The van der Waals surface area contributed by atoms with Crippen LogP contribution in [0.1, 0.15) is 18.9 Å². The van der Waals surface area contributed by atoms with Crippen LogP contribution in [-0.2, 0) is 16.6 Å². The van der Waals surface area contributed by atoms with Crippen LogP contribution in [0.25, 0.3) is 0 Å². The number of hydrogen-bond acceptors (Lipinski definition) is 7. The van der Waals surface area contributed by atoms with Crippen LogP contribution in [0.4, 0.5) is 0 Å². The van der Waals surface area contributed by atoms with Crippen molar-refractivity contribution in [3.05, 3.63) is 30.1 Å². The minimum absolute atomic E-state index is 0.300. The lowest BCUT2D eigenvalue weighted by atomic mass is 10.2. The normalized spacial score (nSPS) is 17.6. The number of hydrogen-bond donors (Lipinski definition) is 0. The average Bonchev–Trinajstić information content (AvgIpc) is 2.94. The van der Waals surface area contributed by atoms with Crippen LogP contribution in [0.15, 0.2) is 29.4 Å². The molecule has 2 atom stereocenters. The van der Waals surface area contributed by atoms with Gasteiger partial charge in [0.05, 0.1) is 7.11 Å². The first-order valence-electron chi connectivity index (χ1n) is 7.12. The molecular weight excluding hydrogens is 318 g/mol. The summed E-state index contributed by atoms with van der Waals surface area (Å²) in [6.07, 6.45) is -0.342. The molecule has 0 N–H and O–H groups in total. The molecule has 0 saturated heterocycles. The van der Waals surface area contributed by atoms with Crippen molar-refractivity contribution in [2.24, 2.45) is 7.05 Å². The summed E-state index contributed by atoms with van der Waals surface area (Å²) in [6, 6.07) is 7.50. The van der Waals surface area contributed by atoms with E-state index in [1.807, 2.05) is 35.9 Å². The molecule has 0 amide bonds. The van der Waals surface area contributed by atoms with Crippen molar-refractivity contribution < 1.29 is 19.0 Å². The largest absolute Gasteiger partial charge is 0.485 e. The SMILES string of the molecule is COC(=O)C(C)Sc1nnc(C2COc3ccccc3O2)n1C. The zero-order valence-corrected chi connectivity index (χ0v) is 13.9. The molecule has 1 aromatic heterocycles. The predicted octanol–water partition coefficient (Wildman–Crippen LogP) is 1.98. The number of carbonyl (C=O) groups excluding carboxylic acids is 1. The standard InChI is InChI=1S/C15H17N3O4S/c1-9(14(19)20-3)23-15-17-16-13(18(15)2)12-8-21-10-6-4-5-7-11(10)22-12/h4-7,9,12H,8H2,1-3H3. The Balaban J connectivity index is 1.76. The van der Waals surface area contributed by atoms with Gasteiger partial charge < -0.3 is 18.8 Å². The number of thioether (sulfide) groups is 1. The molecule has 2 unspecified atom stereocenters. The number of rotatable bonds is 4. The van der Waals surface area contributed by atoms with Gasteiger partial charge in [0.15, 0.2) is 28.6 Å². The molecule has 0 radical (unpaired) electrons. The van der Waals surface area contributed by atoms with Crippen molar-refractivity contribution in [3.63, 3.8) is 0 Å². The lowest BCUT2D eigenvalue weighted by Gasteiger charge is -2.25. The highest BCUT2D eigenvalue weighted by Gasteiger charge is 2.28. The third kappa shape index (κ3) is 3.12. The maximum absolute atomic E-state index is 11.5. The lowest BCUT2D eigenvalue weighted by Crippen LogP contribution is -2.24. The number of para-hydroxylation sites is 2. The van der Waals surface area contributed by atoms with E-state index in [0.29, 0.717) is 23.3 Å². The van der Waals surface area contributed by atoms with Gasteiger partial charge >= 0.3 is 5.97 Å². The number of aromatic nitrogens is 3. The highest BCUT2D eigenvalue weighted by Crippen LogP contribution is 2.36. The Kier molecular flexibility index (Phi) is 4.42. The van der Waals surface area contributed by atoms with E-state index in [4.69, 9.17) is 14.2 Å². The summed E-state index contributed by atoms with van der Waals surface area (Å²) >= 11 is 1.29. The highest BCUT2D eigenvalue weighted by atomic mass is 32.2. The fourth-order valence-electron chi connectivity index (χ4n) is 2.23. The Labute approximate surface area is 137 Å². The van der Waals surface area contributed by atoms with Gasteiger partial charge in [-0.25, -0.2) is 0 Å². The summed E-state index contributed by atoms with van der Waals surface area (Å²) in [5, 5.41) is 8.59. The highest BCUT2D eigenvalue weighted by molar-refractivity contribution is 8.00. The Morgan fingerprint density at radius 2 is 2.13 bits per heavy atom. The number of benzene rings is 1. The molecule has 0 aliphatic carbocycles. The fourth-order valence-corrected chi connectivity index (χ4v) is 3.08. The van der Waals surface area contributed by atoms with Gasteiger partial charge in [-0.15, -0.1) is 10.2 Å². The van der Waals surface area contributed by atoms with Gasteiger partial charge in [-0.3, -0.25) is 4.79 Å². The molecule has 2 aromatic rings. The van der Waals surface area contributed by atoms with Crippen LogP contribution in [-0.4, -0.2) is 39.7 Å². The minimum atomic E-state index is -0.361. The molecule has 8 heteroatoms. The van der Waals surface area contributed by atoms with Crippen LogP contribution in [0.2, 0.25) is 0 Å². The lowest BCUT2D eigenvalue weighted by molar-refractivity contribution is -0.139. The summed E-state index contributed by atoms with van der Waals surface area (Å²) < 4.78 is 18.2. The van der Waals surface area contributed by atoms with E-state index in [1.165, 1.54) is 18.9 Å². The summed E-state index contributed by atoms with van der Waals surface area (Å²) in [7, 11) is 3.21. The van der Waals surface area contributed by atoms with Gasteiger partial charge in [0.2, 0.25) is 0 Å². The van der Waals surface area contributed by atoms with Crippen LogP contribution in [0.3, 0.4) is 0 Å². The van der Waals surface area contributed by atoms with Crippen molar-refractivity contribution in [3.8, 4) is 11.5 Å². The van der Waals surface area contributed by atoms with Crippen molar-refractivity contribution in [1.82, 2.24) is 14.8 Å². The summed E-state index contributed by atoms with van der Waals surface area (Å²) in [5.41, 5.74) is 0. The van der Waals surface area contributed by atoms with Gasteiger partial charge in [-0.1, -0.05) is 23.9 Å². The third-order valence-corrected chi connectivity index (χ3v) is 4.59. The van der Waals surface area contributed by atoms with Crippen molar-refractivity contribution in [2.45, 2.75) is 23.4 Å². The quantitative estimate of drug-likeness (QED) is 0.624. The molecule has 0 fully saturated rings. The Bertz CT molecular complexity index is 718.